The highest BCUT2D eigenvalue weighted by Gasteiger charge is 2.25. The smallest absolute Gasteiger partial charge is 0.322 e. The van der Waals surface area contributed by atoms with Gasteiger partial charge in [0, 0.05) is 30.9 Å². The van der Waals surface area contributed by atoms with E-state index < -0.39 is 15.9 Å². The Morgan fingerprint density at radius 3 is 2.38 bits per heavy atom. The Morgan fingerprint density at radius 1 is 1.03 bits per heavy atom. The Balaban J connectivity index is 1.46. The van der Waals surface area contributed by atoms with E-state index in [1.807, 2.05) is 13.8 Å². The van der Waals surface area contributed by atoms with E-state index in [-0.39, 0.29) is 28.4 Å². The van der Waals surface area contributed by atoms with Crippen LogP contribution < -0.4 is 5.32 Å². The normalized spacial score (nSPS) is 15.6. The Hall–Kier alpha value is -3.05. The van der Waals surface area contributed by atoms with E-state index in [1.54, 1.807) is 16.9 Å². The fourth-order valence-corrected chi connectivity index (χ4v) is 5.17. The van der Waals surface area contributed by atoms with Crippen LogP contribution in [0.5, 0.6) is 0 Å². The SMILES string of the molecule is CC(C)n1nccc1-c1nnc(NC(=O)c2ccc(S(=O)(=O)N3CCCCCC3)cc2)o1. The second-order valence-electron chi connectivity index (χ2n) is 7.96. The predicted molar refractivity (Wildman–Crippen MR) is 118 cm³/mol. The zero-order valence-electron chi connectivity index (χ0n) is 18.1. The van der Waals surface area contributed by atoms with Crippen LogP contribution in [-0.2, 0) is 10.0 Å². The van der Waals surface area contributed by atoms with Gasteiger partial charge in [-0.3, -0.25) is 14.8 Å². The van der Waals surface area contributed by atoms with Crippen LogP contribution in [0.3, 0.4) is 0 Å². The summed E-state index contributed by atoms with van der Waals surface area (Å²) in [6.45, 7) is 5.01. The van der Waals surface area contributed by atoms with Crippen LogP contribution in [0, 0.1) is 0 Å². The number of hydrogen-bond donors (Lipinski definition) is 1. The monoisotopic (exact) mass is 458 g/mol. The molecular formula is C21H26N6O4S. The molecule has 2 aromatic heterocycles. The number of sulfonamides is 1. The first-order valence-corrected chi connectivity index (χ1v) is 12.1. The number of carbonyl (C=O) groups is 1. The van der Waals surface area contributed by atoms with Crippen molar-refractivity contribution in [1.82, 2.24) is 24.3 Å². The van der Waals surface area contributed by atoms with Gasteiger partial charge in [0.15, 0.2) is 0 Å². The van der Waals surface area contributed by atoms with Crippen LogP contribution in [0.1, 0.15) is 55.9 Å². The van der Waals surface area contributed by atoms with Gasteiger partial charge in [0.2, 0.25) is 10.0 Å². The van der Waals surface area contributed by atoms with Gasteiger partial charge in [0.1, 0.15) is 5.69 Å². The van der Waals surface area contributed by atoms with Crippen molar-refractivity contribution in [1.29, 1.82) is 0 Å². The van der Waals surface area contributed by atoms with E-state index in [0.29, 0.717) is 18.8 Å². The van der Waals surface area contributed by atoms with E-state index in [4.69, 9.17) is 4.42 Å². The van der Waals surface area contributed by atoms with E-state index in [1.165, 1.54) is 28.6 Å². The van der Waals surface area contributed by atoms with E-state index in [9.17, 15) is 13.2 Å². The molecular weight excluding hydrogens is 432 g/mol. The average Bonchev–Trinajstić information content (AvgIpc) is 3.36. The molecule has 1 saturated heterocycles. The second kappa shape index (κ2) is 9.21. The molecule has 0 bridgehead atoms. The molecule has 0 atom stereocenters. The van der Waals surface area contributed by atoms with Gasteiger partial charge in [-0.1, -0.05) is 17.9 Å². The Morgan fingerprint density at radius 2 is 1.72 bits per heavy atom. The number of benzene rings is 1. The minimum absolute atomic E-state index is 0.0530. The lowest BCUT2D eigenvalue weighted by molar-refractivity contribution is 0.102. The number of aromatic nitrogens is 4. The number of rotatable bonds is 6. The van der Waals surface area contributed by atoms with Crippen LogP contribution in [0.2, 0.25) is 0 Å². The van der Waals surface area contributed by atoms with Gasteiger partial charge in [-0.25, -0.2) is 8.42 Å². The molecule has 10 nitrogen and oxygen atoms in total. The number of amides is 1. The fraction of sp³-hybridized carbons (Fsp3) is 0.429. The van der Waals surface area contributed by atoms with Crippen LogP contribution in [0.15, 0.2) is 45.8 Å². The molecule has 1 amide bonds. The largest absolute Gasteiger partial charge is 0.401 e. The number of hydrogen-bond acceptors (Lipinski definition) is 7. The number of anilines is 1. The van der Waals surface area contributed by atoms with Crippen molar-refractivity contribution in [2.45, 2.75) is 50.5 Å². The van der Waals surface area contributed by atoms with Crippen molar-refractivity contribution in [2.75, 3.05) is 18.4 Å². The quantitative estimate of drug-likeness (QED) is 0.601. The van der Waals surface area contributed by atoms with E-state index in [0.717, 1.165) is 25.7 Å². The molecule has 1 aliphatic rings. The highest BCUT2D eigenvalue weighted by Crippen LogP contribution is 2.23. The standard InChI is InChI=1S/C21H26N6O4S/c1-15(2)27-18(11-12-22-27)20-24-25-21(31-20)23-19(28)16-7-9-17(10-8-16)32(29,30)26-13-5-3-4-6-14-26/h7-12,15H,3-6,13-14H2,1-2H3,(H,23,25,28). The summed E-state index contributed by atoms with van der Waals surface area (Å²) in [6.07, 6.45) is 5.46. The van der Waals surface area contributed by atoms with Gasteiger partial charge < -0.3 is 4.42 Å². The molecule has 0 radical (unpaired) electrons. The summed E-state index contributed by atoms with van der Waals surface area (Å²) in [5.41, 5.74) is 0.933. The summed E-state index contributed by atoms with van der Waals surface area (Å²) >= 11 is 0. The molecule has 1 aromatic carbocycles. The summed E-state index contributed by atoms with van der Waals surface area (Å²) in [6, 6.07) is 7.67. The van der Waals surface area contributed by atoms with Crippen molar-refractivity contribution in [3.05, 3.63) is 42.1 Å². The topological polar surface area (TPSA) is 123 Å². The summed E-state index contributed by atoms with van der Waals surface area (Å²) in [5.74, 6) is -0.235. The third kappa shape index (κ3) is 4.58. The lowest BCUT2D eigenvalue weighted by Gasteiger charge is -2.19. The minimum atomic E-state index is -3.57. The summed E-state index contributed by atoms with van der Waals surface area (Å²) < 4.78 is 34.6. The van der Waals surface area contributed by atoms with Gasteiger partial charge in [0.05, 0.1) is 4.90 Å². The van der Waals surface area contributed by atoms with Gasteiger partial charge in [0.25, 0.3) is 11.8 Å². The first kappa shape index (κ1) is 22.2. The number of nitrogens with zero attached hydrogens (tertiary/aromatic N) is 5. The molecule has 32 heavy (non-hydrogen) atoms. The average molecular weight is 459 g/mol. The molecule has 0 spiro atoms. The maximum Gasteiger partial charge on any atom is 0.322 e. The maximum atomic E-state index is 12.9. The zero-order valence-corrected chi connectivity index (χ0v) is 18.9. The third-order valence-electron chi connectivity index (χ3n) is 5.34. The molecule has 1 aliphatic heterocycles. The molecule has 1 fully saturated rings. The highest BCUT2D eigenvalue weighted by atomic mass is 32.2. The molecule has 11 heteroatoms. The molecule has 0 saturated carbocycles. The fourth-order valence-electron chi connectivity index (χ4n) is 3.65. The van der Waals surface area contributed by atoms with Crippen molar-refractivity contribution in [3.8, 4) is 11.6 Å². The molecule has 1 N–H and O–H groups in total. The van der Waals surface area contributed by atoms with Crippen molar-refractivity contribution < 1.29 is 17.6 Å². The van der Waals surface area contributed by atoms with Gasteiger partial charge >= 0.3 is 6.01 Å². The van der Waals surface area contributed by atoms with Gasteiger partial charge in [-0.15, -0.1) is 5.10 Å². The third-order valence-corrected chi connectivity index (χ3v) is 7.26. The van der Waals surface area contributed by atoms with Crippen LogP contribution >= 0.6 is 0 Å². The van der Waals surface area contributed by atoms with E-state index >= 15 is 0 Å². The number of carbonyl (C=O) groups excluding carboxylic acids is 1. The van der Waals surface area contributed by atoms with Crippen molar-refractivity contribution in [2.24, 2.45) is 0 Å². The first-order chi connectivity index (χ1) is 15.4. The number of nitrogens with one attached hydrogen (secondary N) is 1. The van der Waals surface area contributed by atoms with Crippen LogP contribution in [0.25, 0.3) is 11.6 Å². The summed E-state index contributed by atoms with van der Waals surface area (Å²) in [5, 5.41) is 14.6. The summed E-state index contributed by atoms with van der Waals surface area (Å²) in [7, 11) is -3.57. The summed E-state index contributed by atoms with van der Waals surface area (Å²) in [4.78, 5) is 12.8. The van der Waals surface area contributed by atoms with Gasteiger partial charge in [-0.2, -0.15) is 9.40 Å². The lowest BCUT2D eigenvalue weighted by Crippen LogP contribution is -2.31. The Bertz CT molecular complexity index is 1180. The molecule has 3 heterocycles. The van der Waals surface area contributed by atoms with Gasteiger partial charge in [-0.05, 0) is 57.0 Å². The minimum Gasteiger partial charge on any atom is -0.401 e. The molecule has 0 unspecified atom stereocenters. The van der Waals surface area contributed by atoms with Crippen molar-refractivity contribution in [3.63, 3.8) is 0 Å². The second-order valence-corrected chi connectivity index (χ2v) is 9.90. The molecule has 170 valence electrons. The van der Waals surface area contributed by atoms with Crippen LogP contribution in [0.4, 0.5) is 6.01 Å². The molecule has 4 rings (SSSR count). The van der Waals surface area contributed by atoms with E-state index in [2.05, 4.69) is 20.6 Å². The predicted octanol–water partition coefficient (Wildman–Crippen LogP) is 3.33. The lowest BCUT2D eigenvalue weighted by atomic mass is 10.2. The maximum absolute atomic E-state index is 12.9. The first-order valence-electron chi connectivity index (χ1n) is 10.7. The van der Waals surface area contributed by atoms with Crippen LogP contribution in [-0.4, -0.2) is 51.7 Å². The molecule has 3 aromatic rings. The Kier molecular flexibility index (Phi) is 6.38. The molecule has 0 aliphatic carbocycles. The Labute approximate surface area is 186 Å². The highest BCUT2D eigenvalue weighted by molar-refractivity contribution is 7.89. The zero-order chi connectivity index (χ0) is 22.7. The van der Waals surface area contributed by atoms with Crippen molar-refractivity contribution >= 4 is 21.9 Å².